The van der Waals surface area contributed by atoms with Crippen LogP contribution in [0.2, 0.25) is 5.02 Å². The molecule has 2 aromatic carbocycles. The maximum atomic E-state index is 16.0. The van der Waals surface area contributed by atoms with Gasteiger partial charge in [-0.3, -0.25) is 4.98 Å². The van der Waals surface area contributed by atoms with E-state index in [2.05, 4.69) is 15.0 Å². The number of pyridine rings is 1. The van der Waals surface area contributed by atoms with Gasteiger partial charge in [-0.1, -0.05) is 41.9 Å². The van der Waals surface area contributed by atoms with Crippen LogP contribution in [0, 0.1) is 12.7 Å². The Balaban J connectivity index is 1.51. The predicted octanol–water partition coefficient (Wildman–Crippen LogP) is 6.00. The van der Waals surface area contributed by atoms with E-state index in [0.29, 0.717) is 53.8 Å². The summed E-state index contributed by atoms with van der Waals surface area (Å²) in [5, 5.41) is 2.71. The minimum absolute atomic E-state index is 0.194. The van der Waals surface area contributed by atoms with Crippen LogP contribution in [0.25, 0.3) is 32.9 Å². The Morgan fingerprint density at radius 2 is 1.75 bits per heavy atom. The number of hydrogen-bond acceptors (Lipinski definition) is 6. The third-order valence-electron chi connectivity index (χ3n) is 6.12. The summed E-state index contributed by atoms with van der Waals surface area (Å²) in [7, 11) is 0. The number of fused-ring (bicyclic) bond motifs is 2. The molecule has 0 N–H and O–H groups in total. The summed E-state index contributed by atoms with van der Waals surface area (Å²) in [6.07, 6.45) is 1.29. The van der Waals surface area contributed by atoms with Crippen molar-refractivity contribution in [3.8, 4) is 11.3 Å². The molecule has 9 heteroatoms. The van der Waals surface area contributed by atoms with Crippen LogP contribution >= 0.6 is 11.6 Å². The second-order valence-corrected chi connectivity index (χ2v) is 10.3. The quantitative estimate of drug-likeness (QED) is 0.331. The van der Waals surface area contributed by atoms with Crippen molar-refractivity contribution in [1.29, 1.82) is 0 Å². The number of amides is 1. The molecule has 36 heavy (non-hydrogen) atoms. The zero-order valence-corrected chi connectivity index (χ0v) is 21.4. The predicted molar refractivity (Wildman–Crippen MR) is 140 cm³/mol. The smallest absolute Gasteiger partial charge is 0.410 e. The van der Waals surface area contributed by atoms with Crippen LogP contribution < -0.4 is 4.90 Å². The lowest BCUT2D eigenvalue weighted by molar-refractivity contribution is 0.0240. The Labute approximate surface area is 213 Å². The molecule has 2 aromatic heterocycles. The van der Waals surface area contributed by atoms with Crippen molar-refractivity contribution in [1.82, 2.24) is 19.9 Å². The standard InChI is InChI=1S/C27H27ClFN5O2/c1-16-31-24-19(25(32-16)33-11-13-34(14-12-33)26(35)36-27(2,3)4)15-30-23(22(24)29)18-9-5-7-17-8-6-10-20(28)21(17)18/h5-10,15H,11-14H2,1-4H3. The number of nitrogens with zero attached hydrogens (tertiary/aromatic N) is 5. The normalized spacial score (nSPS) is 14.5. The lowest BCUT2D eigenvalue weighted by atomic mass is 10.0. The van der Waals surface area contributed by atoms with Gasteiger partial charge in [0.05, 0.1) is 5.39 Å². The largest absolute Gasteiger partial charge is 0.444 e. The lowest BCUT2D eigenvalue weighted by Gasteiger charge is -2.36. The average Bonchev–Trinajstić information content (AvgIpc) is 2.83. The number of benzene rings is 2. The summed E-state index contributed by atoms with van der Waals surface area (Å²) < 4.78 is 21.5. The van der Waals surface area contributed by atoms with E-state index in [1.807, 2.05) is 56.0 Å². The molecule has 0 atom stereocenters. The van der Waals surface area contributed by atoms with E-state index in [1.54, 1.807) is 24.1 Å². The summed E-state index contributed by atoms with van der Waals surface area (Å²) in [4.78, 5) is 29.7. The fraction of sp³-hybridized carbons (Fsp3) is 0.333. The number of piperazine rings is 1. The highest BCUT2D eigenvalue weighted by atomic mass is 35.5. The monoisotopic (exact) mass is 507 g/mol. The highest BCUT2D eigenvalue weighted by Gasteiger charge is 2.28. The number of aromatic nitrogens is 3. The molecule has 4 aromatic rings. The third kappa shape index (κ3) is 4.53. The fourth-order valence-corrected chi connectivity index (χ4v) is 4.78. The van der Waals surface area contributed by atoms with Crippen molar-refractivity contribution >= 4 is 45.2 Å². The molecule has 1 aliphatic heterocycles. The van der Waals surface area contributed by atoms with Crippen LogP contribution in [0.5, 0.6) is 0 Å². The van der Waals surface area contributed by atoms with Crippen LogP contribution in [0.3, 0.4) is 0 Å². The SMILES string of the molecule is Cc1nc(N2CCN(C(=O)OC(C)(C)C)CC2)c2cnc(-c3cccc4cccc(Cl)c34)c(F)c2n1. The number of rotatable bonds is 2. The first kappa shape index (κ1) is 24.2. The van der Waals surface area contributed by atoms with Crippen LogP contribution in [-0.4, -0.2) is 57.7 Å². The van der Waals surface area contributed by atoms with Crippen molar-refractivity contribution in [2.24, 2.45) is 0 Å². The molecule has 1 fully saturated rings. The Hall–Kier alpha value is -3.52. The molecule has 0 unspecified atom stereocenters. The molecule has 186 valence electrons. The van der Waals surface area contributed by atoms with E-state index in [4.69, 9.17) is 16.3 Å². The molecule has 0 bridgehead atoms. The molecule has 0 spiro atoms. The molecule has 3 heterocycles. The van der Waals surface area contributed by atoms with E-state index >= 15 is 4.39 Å². The van der Waals surface area contributed by atoms with E-state index in [-0.39, 0.29) is 17.3 Å². The molecular formula is C27H27ClFN5O2. The lowest BCUT2D eigenvalue weighted by Crippen LogP contribution is -2.50. The number of ether oxygens (including phenoxy) is 1. The molecule has 5 rings (SSSR count). The van der Waals surface area contributed by atoms with Gasteiger partial charge >= 0.3 is 6.09 Å². The highest BCUT2D eigenvalue weighted by molar-refractivity contribution is 6.36. The minimum atomic E-state index is -0.552. The average molecular weight is 508 g/mol. The first-order valence-corrected chi connectivity index (χ1v) is 12.2. The number of hydrogen-bond donors (Lipinski definition) is 0. The summed E-state index contributed by atoms with van der Waals surface area (Å²) in [6, 6.07) is 11.2. The van der Waals surface area contributed by atoms with Gasteiger partial charge in [-0.05, 0) is 39.1 Å². The van der Waals surface area contributed by atoms with E-state index in [9.17, 15) is 4.79 Å². The van der Waals surface area contributed by atoms with Crippen molar-refractivity contribution in [2.75, 3.05) is 31.1 Å². The fourth-order valence-electron chi connectivity index (χ4n) is 4.50. The molecule has 1 amide bonds. The highest BCUT2D eigenvalue weighted by Crippen LogP contribution is 2.36. The maximum Gasteiger partial charge on any atom is 0.410 e. The van der Waals surface area contributed by atoms with Crippen LogP contribution in [0.1, 0.15) is 26.6 Å². The summed E-state index contributed by atoms with van der Waals surface area (Å²) >= 11 is 6.48. The molecule has 7 nitrogen and oxygen atoms in total. The van der Waals surface area contributed by atoms with Gasteiger partial charge in [0.1, 0.15) is 28.5 Å². The third-order valence-corrected chi connectivity index (χ3v) is 6.43. The first-order chi connectivity index (χ1) is 17.1. The van der Waals surface area contributed by atoms with Crippen molar-refractivity contribution in [3.63, 3.8) is 0 Å². The number of aryl methyl sites for hydroxylation is 1. The zero-order chi connectivity index (χ0) is 25.6. The first-order valence-electron chi connectivity index (χ1n) is 11.9. The van der Waals surface area contributed by atoms with E-state index < -0.39 is 11.4 Å². The molecule has 0 radical (unpaired) electrons. The van der Waals surface area contributed by atoms with Crippen molar-refractivity contribution in [3.05, 3.63) is 59.3 Å². The molecule has 1 aliphatic rings. The Kier molecular flexibility index (Phi) is 6.16. The van der Waals surface area contributed by atoms with Gasteiger partial charge in [-0.15, -0.1) is 0 Å². The molecule has 0 saturated carbocycles. The maximum absolute atomic E-state index is 16.0. The van der Waals surface area contributed by atoms with Gasteiger partial charge in [-0.2, -0.15) is 0 Å². The van der Waals surface area contributed by atoms with Gasteiger partial charge in [0.15, 0.2) is 5.82 Å². The van der Waals surface area contributed by atoms with Gasteiger partial charge in [0, 0.05) is 48.3 Å². The summed E-state index contributed by atoms with van der Waals surface area (Å²) in [6.45, 7) is 9.30. The Morgan fingerprint density at radius 1 is 1.06 bits per heavy atom. The number of halogens is 2. The Bertz CT molecular complexity index is 1470. The number of carbonyl (C=O) groups excluding carboxylic acids is 1. The molecule has 0 aliphatic carbocycles. The van der Waals surface area contributed by atoms with Crippen molar-refractivity contribution in [2.45, 2.75) is 33.3 Å². The van der Waals surface area contributed by atoms with Gasteiger partial charge in [-0.25, -0.2) is 19.2 Å². The number of anilines is 1. The van der Waals surface area contributed by atoms with Crippen LogP contribution in [0.15, 0.2) is 42.6 Å². The van der Waals surface area contributed by atoms with Crippen LogP contribution in [-0.2, 0) is 4.74 Å². The van der Waals surface area contributed by atoms with E-state index in [1.165, 1.54) is 0 Å². The van der Waals surface area contributed by atoms with Gasteiger partial charge in [0.2, 0.25) is 0 Å². The second kappa shape index (κ2) is 9.17. The second-order valence-electron chi connectivity index (χ2n) is 9.88. The minimum Gasteiger partial charge on any atom is -0.444 e. The molecular weight excluding hydrogens is 481 g/mol. The number of carbonyl (C=O) groups is 1. The van der Waals surface area contributed by atoms with Gasteiger partial charge < -0.3 is 14.5 Å². The molecule has 1 saturated heterocycles. The van der Waals surface area contributed by atoms with E-state index in [0.717, 1.165) is 10.8 Å². The summed E-state index contributed by atoms with van der Waals surface area (Å²) in [5.74, 6) is 0.549. The van der Waals surface area contributed by atoms with Crippen LogP contribution in [0.4, 0.5) is 15.0 Å². The topological polar surface area (TPSA) is 71.5 Å². The zero-order valence-electron chi connectivity index (χ0n) is 20.7. The Morgan fingerprint density at radius 3 is 2.44 bits per heavy atom. The van der Waals surface area contributed by atoms with Gasteiger partial charge in [0.25, 0.3) is 0 Å². The summed E-state index contributed by atoms with van der Waals surface area (Å²) in [5.41, 5.74) is 0.464. The van der Waals surface area contributed by atoms with Crippen molar-refractivity contribution < 1.29 is 13.9 Å².